The summed E-state index contributed by atoms with van der Waals surface area (Å²) >= 11 is 0. The number of aromatic nitrogens is 1. The fourth-order valence-corrected chi connectivity index (χ4v) is 3.31. The first kappa shape index (κ1) is 18.6. The topological polar surface area (TPSA) is 40.5 Å². The van der Waals surface area contributed by atoms with Gasteiger partial charge in [0.05, 0.1) is 12.2 Å². The van der Waals surface area contributed by atoms with Gasteiger partial charge in [0.1, 0.15) is 12.4 Å². The van der Waals surface area contributed by atoms with Crippen molar-refractivity contribution in [2.75, 3.05) is 13.2 Å². The zero-order valence-corrected chi connectivity index (χ0v) is 15.7. The molecule has 0 radical (unpaired) electrons. The molecule has 4 heteroatoms. The second-order valence-corrected chi connectivity index (χ2v) is 6.24. The maximum atomic E-state index is 12.6. The third-order valence-corrected chi connectivity index (χ3v) is 4.56. The Balaban J connectivity index is 2.03. The van der Waals surface area contributed by atoms with Gasteiger partial charge in [-0.2, -0.15) is 0 Å². The summed E-state index contributed by atoms with van der Waals surface area (Å²) in [6, 6.07) is 16.0. The van der Waals surface area contributed by atoms with E-state index in [0.717, 1.165) is 29.6 Å². The van der Waals surface area contributed by atoms with Crippen LogP contribution < -0.4 is 4.74 Å². The Morgan fingerprint density at radius 2 is 1.96 bits per heavy atom. The summed E-state index contributed by atoms with van der Waals surface area (Å²) in [5, 5.41) is 0.827. The van der Waals surface area contributed by atoms with Crippen LogP contribution in [0.15, 0.2) is 48.5 Å². The third kappa shape index (κ3) is 3.98. The van der Waals surface area contributed by atoms with Crippen LogP contribution in [-0.4, -0.2) is 23.8 Å². The SMILES string of the molecule is C#CCOc1ccc2c(c1)c(C(=O)OCC)c(C)n2CCc1ccccc1. The smallest absolute Gasteiger partial charge is 0.340 e. The Bertz CT molecular complexity index is 980. The number of hydrogen-bond acceptors (Lipinski definition) is 3. The van der Waals surface area contributed by atoms with E-state index < -0.39 is 0 Å². The normalized spacial score (nSPS) is 10.6. The number of ether oxygens (including phenoxy) is 2. The van der Waals surface area contributed by atoms with Crippen LogP contribution in [0.5, 0.6) is 5.75 Å². The van der Waals surface area contributed by atoms with E-state index in [2.05, 4.69) is 22.6 Å². The summed E-state index contributed by atoms with van der Waals surface area (Å²) in [5.41, 5.74) is 3.73. The number of hydrogen-bond donors (Lipinski definition) is 0. The van der Waals surface area contributed by atoms with Gasteiger partial charge in [-0.3, -0.25) is 0 Å². The molecule has 0 saturated heterocycles. The molecule has 0 aliphatic carbocycles. The number of esters is 1. The van der Waals surface area contributed by atoms with Crippen LogP contribution in [0.1, 0.15) is 28.5 Å². The van der Waals surface area contributed by atoms with Gasteiger partial charge in [-0.05, 0) is 44.0 Å². The largest absolute Gasteiger partial charge is 0.481 e. The minimum Gasteiger partial charge on any atom is -0.481 e. The highest BCUT2D eigenvalue weighted by atomic mass is 16.5. The summed E-state index contributed by atoms with van der Waals surface area (Å²) < 4.78 is 13.0. The summed E-state index contributed by atoms with van der Waals surface area (Å²) in [5.74, 6) is 2.79. The van der Waals surface area contributed by atoms with Crippen LogP contribution in [0.4, 0.5) is 0 Å². The molecule has 0 N–H and O–H groups in total. The van der Waals surface area contributed by atoms with Crippen molar-refractivity contribution in [2.45, 2.75) is 26.8 Å². The molecule has 4 nitrogen and oxygen atoms in total. The van der Waals surface area contributed by atoms with E-state index in [-0.39, 0.29) is 12.6 Å². The zero-order chi connectivity index (χ0) is 19.2. The monoisotopic (exact) mass is 361 g/mol. The van der Waals surface area contributed by atoms with E-state index in [1.165, 1.54) is 5.56 Å². The number of benzene rings is 2. The van der Waals surface area contributed by atoms with E-state index in [0.29, 0.717) is 17.9 Å². The fraction of sp³-hybridized carbons (Fsp3) is 0.261. The molecule has 3 aromatic rings. The molecule has 1 aromatic heterocycles. The van der Waals surface area contributed by atoms with Crippen LogP contribution in [0, 0.1) is 19.3 Å². The lowest BCUT2D eigenvalue weighted by Gasteiger charge is -2.09. The van der Waals surface area contributed by atoms with E-state index in [4.69, 9.17) is 15.9 Å². The van der Waals surface area contributed by atoms with Crippen LogP contribution in [-0.2, 0) is 17.7 Å². The number of nitrogens with zero attached hydrogens (tertiary/aromatic N) is 1. The molecular weight excluding hydrogens is 338 g/mol. The highest BCUT2D eigenvalue weighted by Crippen LogP contribution is 2.30. The van der Waals surface area contributed by atoms with Gasteiger partial charge in [-0.15, -0.1) is 6.42 Å². The van der Waals surface area contributed by atoms with Gasteiger partial charge in [-0.25, -0.2) is 4.79 Å². The summed E-state index contributed by atoms with van der Waals surface area (Å²) in [4.78, 5) is 12.6. The maximum absolute atomic E-state index is 12.6. The molecule has 0 saturated carbocycles. The van der Waals surface area contributed by atoms with Gasteiger partial charge in [-0.1, -0.05) is 36.3 Å². The van der Waals surface area contributed by atoms with Crippen molar-refractivity contribution in [3.05, 3.63) is 65.4 Å². The number of carbonyl (C=O) groups is 1. The molecule has 0 aliphatic heterocycles. The van der Waals surface area contributed by atoms with Gasteiger partial charge >= 0.3 is 5.97 Å². The minimum atomic E-state index is -0.312. The molecule has 0 amide bonds. The third-order valence-electron chi connectivity index (χ3n) is 4.56. The molecule has 0 bridgehead atoms. The van der Waals surface area contributed by atoms with E-state index in [1.54, 1.807) is 0 Å². The highest BCUT2D eigenvalue weighted by molar-refractivity contribution is 6.06. The van der Waals surface area contributed by atoms with Crippen LogP contribution in [0.25, 0.3) is 10.9 Å². The molecular formula is C23H23NO3. The predicted octanol–water partition coefficient (Wildman–Crippen LogP) is 4.38. The number of fused-ring (bicyclic) bond motifs is 1. The molecule has 0 aliphatic rings. The Morgan fingerprint density at radius 3 is 2.67 bits per heavy atom. The van der Waals surface area contributed by atoms with Gasteiger partial charge in [0.2, 0.25) is 0 Å². The van der Waals surface area contributed by atoms with Crippen LogP contribution >= 0.6 is 0 Å². The van der Waals surface area contributed by atoms with Crippen molar-refractivity contribution in [3.8, 4) is 18.1 Å². The molecule has 138 valence electrons. The standard InChI is InChI=1S/C23H23NO3/c1-4-15-27-19-11-12-21-20(16-19)22(23(25)26-5-2)17(3)24(21)14-13-18-9-7-6-8-10-18/h1,6-12,16H,5,13-15H2,2-3H3. The Kier molecular flexibility index (Phi) is 5.83. The maximum Gasteiger partial charge on any atom is 0.340 e. The second-order valence-electron chi connectivity index (χ2n) is 6.24. The number of terminal acetylenes is 1. The fourth-order valence-electron chi connectivity index (χ4n) is 3.31. The molecule has 0 unspecified atom stereocenters. The minimum absolute atomic E-state index is 0.188. The Hall–Kier alpha value is -3.19. The second kappa shape index (κ2) is 8.46. The lowest BCUT2D eigenvalue weighted by molar-refractivity contribution is 0.0527. The average molecular weight is 361 g/mol. The predicted molar refractivity (Wildman–Crippen MR) is 107 cm³/mol. The van der Waals surface area contributed by atoms with Crippen molar-refractivity contribution in [2.24, 2.45) is 0 Å². The van der Waals surface area contributed by atoms with Crippen molar-refractivity contribution in [3.63, 3.8) is 0 Å². The average Bonchev–Trinajstić information content (AvgIpc) is 2.96. The molecule has 27 heavy (non-hydrogen) atoms. The zero-order valence-electron chi connectivity index (χ0n) is 15.7. The Morgan fingerprint density at radius 1 is 1.19 bits per heavy atom. The van der Waals surface area contributed by atoms with E-state index >= 15 is 0 Å². The molecule has 2 aromatic carbocycles. The first-order valence-corrected chi connectivity index (χ1v) is 9.05. The summed E-state index contributed by atoms with van der Waals surface area (Å²) in [7, 11) is 0. The molecule has 3 rings (SSSR count). The first-order valence-electron chi connectivity index (χ1n) is 9.05. The summed E-state index contributed by atoms with van der Waals surface area (Å²) in [6.07, 6.45) is 6.15. The Labute approximate surface area is 159 Å². The van der Waals surface area contributed by atoms with Gasteiger partial charge in [0.25, 0.3) is 0 Å². The molecule has 1 heterocycles. The quantitative estimate of drug-likeness (QED) is 0.463. The summed E-state index contributed by atoms with van der Waals surface area (Å²) in [6.45, 7) is 5.06. The molecule has 0 atom stereocenters. The van der Waals surface area contributed by atoms with Crippen molar-refractivity contribution in [1.29, 1.82) is 0 Å². The van der Waals surface area contributed by atoms with Crippen LogP contribution in [0.2, 0.25) is 0 Å². The van der Waals surface area contributed by atoms with Crippen molar-refractivity contribution in [1.82, 2.24) is 4.57 Å². The number of rotatable bonds is 7. The first-order chi connectivity index (χ1) is 13.2. The number of aryl methyl sites for hydroxylation is 2. The highest BCUT2D eigenvalue weighted by Gasteiger charge is 2.21. The van der Waals surface area contributed by atoms with Gasteiger partial charge in [0.15, 0.2) is 0 Å². The van der Waals surface area contributed by atoms with Crippen LogP contribution in [0.3, 0.4) is 0 Å². The molecule has 0 fully saturated rings. The molecule has 0 spiro atoms. The van der Waals surface area contributed by atoms with Gasteiger partial charge < -0.3 is 14.0 Å². The lowest BCUT2D eigenvalue weighted by atomic mass is 10.1. The van der Waals surface area contributed by atoms with E-state index in [9.17, 15) is 4.79 Å². The van der Waals surface area contributed by atoms with Crippen molar-refractivity contribution >= 4 is 16.9 Å². The number of carbonyl (C=O) groups excluding carboxylic acids is 1. The lowest BCUT2D eigenvalue weighted by Crippen LogP contribution is -2.08. The van der Waals surface area contributed by atoms with Gasteiger partial charge in [0, 0.05) is 23.1 Å². The van der Waals surface area contributed by atoms with Crippen molar-refractivity contribution < 1.29 is 14.3 Å². The van der Waals surface area contributed by atoms with E-state index in [1.807, 2.05) is 50.2 Å².